The summed E-state index contributed by atoms with van der Waals surface area (Å²) >= 11 is 0. The van der Waals surface area contributed by atoms with Crippen LogP contribution < -0.4 is 15.4 Å². The molecule has 35 heavy (non-hydrogen) atoms. The van der Waals surface area contributed by atoms with E-state index in [0.717, 1.165) is 42.1 Å². The van der Waals surface area contributed by atoms with Gasteiger partial charge in [-0.1, -0.05) is 31.4 Å². The molecule has 2 aromatic heterocycles. The van der Waals surface area contributed by atoms with Crippen molar-refractivity contribution in [3.05, 3.63) is 59.3 Å². The Morgan fingerprint density at radius 2 is 1.86 bits per heavy atom. The summed E-state index contributed by atoms with van der Waals surface area (Å²) in [5, 5.41) is 5.28. The fourth-order valence-electron chi connectivity index (χ4n) is 4.56. The second-order valence-electron chi connectivity index (χ2n) is 8.52. The first-order valence-electron chi connectivity index (χ1n) is 11.0. The molecule has 8 nitrogen and oxygen atoms in total. The van der Waals surface area contributed by atoms with Crippen molar-refractivity contribution >= 4 is 17.7 Å². The van der Waals surface area contributed by atoms with Crippen molar-refractivity contribution < 1.29 is 27.1 Å². The standard InChI is InChI=1S/C23H24F4N6O2/c1-35-15-7-5-14(6-8-15)22(9-3-2-4-10-22)13-33(21-29-12-17(24)19(28)31-21)20(34)16-11-30-32-18(16)23(25,26)27/h5-8,11-12H,2-4,9-10,13H2,1H3,(H,30,32)(H2,28,29,31). The predicted octanol–water partition coefficient (Wildman–Crippen LogP) is 4.50. The van der Waals surface area contributed by atoms with Gasteiger partial charge in [-0.05, 0) is 30.5 Å². The summed E-state index contributed by atoms with van der Waals surface area (Å²) in [7, 11) is 1.55. The van der Waals surface area contributed by atoms with Gasteiger partial charge in [0.2, 0.25) is 5.95 Å². The molecule has 4 rings (SSSR count). The van der Waals surface area contributed by atoms with Gasteiger partial charge < -0.3 is 10.5 Å². The van der Waals surface area contributed by atoms with E-state index in [2.05, 4.69) is 15.1 Å². The van der Waals surface area contributed by atoms with E-state index >= 15 is 0 Å². The average Bonchev–Trinajstić information content (AvgIpc) is 3.36. The molecule has 0 radical (unpaired) electrons. The van der Waals surface area contributed by atoms with Crippen LogP contribution in [0.4, 0.5) is 29.3 Å². The third kappa shape index (κ3) is 4.91. The van der Waals surface area contributed by atoms with Crippen LogP contribution in [0.1, 0.15) is 53.7 Å². The zero-order valence-corrected chi connectivity index (χ0v) is 18.9. The minimum atomic E-state index is -4.84. The molecule has 0 unspecified atom stereocenters. The lowest BCUT2D eigenvalue weighted by molar-refractivity contribution is -0.141. The van der Waals surface area contributed by atoms with E-state index < -0.39 is 40.4 Å². The Balaban J connectivity index is 1.81. The second-order valence-corrected chi connectivity index (χ2v) is 8.52. The number of hydrogen-bond donors (Lipinski definition) is 2. The number of hydrogen-bond acceptors (Lipinski definition) is 6. The molecule has 0 saturated heterocycles. The van der Waals surface area contributed by atoms with Gasteiger partial charge in [0.15, 0.2) is 17.3 Å². The number of nitrogens with two attached hydrogens (primary N) is 1. The smallest absolute Gasteiger partial charge is 0.433 e. The molecule has 3 N–H and O–H groups in total. The number of aromatic amines is 1. The predicted molar refractivity (Wildman–Crippen MR) is 119 cm³/mol. The highest BCUT2D eigenvalue weighted by Crippen LogP contribution is 2.42. The highest BCUT2D eigenvalue weighted by atomic mass is 19.4. The topological polar surface area (TPSA) is 110 Å². The van der Waals surface area contributed by atoms with Crippen LogP contribution in [-0.2, 0) is 11.6 Å². The van der Waals surface area contributed by atoms with Gasteiger partial charge >= 0.3 is 6.18 Å². The number of halogens is 4. The normalized spacial score (nSPS) is 15.6. The third-order valence-corrected chi connectivity index (χ3v) is 6.37. The van der Waals surface area contributed by atoms with Crippen molar-refractivity contribution in [2.24, 2.45) is 0 Å². The highest BCUT2D eigenvalue weighted by molar-refractivity contribution is 6.06. The van der Waals surface area contributed by atoms with Crippen molar-refractivity contribution in [1.29, 1.82) is 0 Å². The van der Waals surface area contributed by atoms with Crippen LogP contribution in [0.25, 0.3) is 0 Å². The van der Waals surface area contributed by atoms with E-state index in [1.807, 2.05) is 17.2 Å². The van der Waals surface area contributed by atoms with Gasteiger partial charge in [-0.15, -0.1) is 0 Å². The highest BCUT2D eigenvalue weighted by Gasteiger charge is 2.42. The van der Waals surface area contributed by atoms with Gasteiger partial charge in [0.05, 0.1) is 25.1 Å². The molecule has 1 fully saturated rings. The quantitative estimate of drug-likeness (QED) is 0.491. The average molecular weight is 492 g/mol. The number of H-pyrrole nitrogens is 1. The number of amides is 1. The van der Waals surface area contributed by atoms with E-state index in [1.165, 1.54) is 0 Å². The van der Waals surface area contributed by atoms with Crippen LogP contribution in [0, 0.1) is 5.82 Å². The summed E-state index contributed by atoms with van der Waals surface area (Å²) in [6, 6.07) is 7.35. The third-order valence-electron chi connectivity index (χ3n) is 6.37. The number of aromatic nitrogens is 4. The summed E-state index contributed by atoms with van der Waals surface area (Å²) in [5.41, 5.74) is 3.93. The lowest BCUT2D eigenvalue weighted by Crippen LogP contribution is -2.46. The van der Waals surface area contributed by atoms with Crippen LogP contribution in [0.2, 0.25) is 0 Å². The van der Waals surface area contributed by atoms with Crippen LogP contribution in [0.3, 0.4) is 0 Å². The summed E-state index contributed by atoms with van der Waals surface area (Å²) in [6.45, 7) is -0.0360. The maximum Gasteiger partial charge on any atom is 0.433 e. The van der Waals surface area contributed by atoms with Crippen molar-refractivity contribution in [1.82, 2.24) is 20.2 Å². The lowest BCUT2D eigenvalue weighted by Gasteiger charge is -2.41. The van der Waals surface area contributed by atoms with E-state index in [4.69, 9.17) is 10.5 Å². The zero-order valence-electron chi connectivity index (χ0n) is 18.9. The van der Waals surface area contributed by atoms with Crippen molar-refractivity contribution in [2.75, 3.05) is 24.3 Å². The minimum Gasteiger partial charge on any atom is -0.497 e. The molecular formula is C23H24F4N6O2. The summed E-state index contributed by atoms with van der Waals surface area (Å²) < 4.78 is 59.7. The maximum atomic E-state index is 13.8. The second kappa shape index (κ2) is 9.51. The molecule has 0 spiro atoms. The number of nitrogens with one attached hydrogen (secondary N) is 1. The first kappa shape index (κ1) is 24.4. The molecular weight excluding hydrogens is 468 g/mol. The zero-order chi connectivity index (χ0) is 25.2. The van der Waals surface area contributed by atoms with E-state index in [-0.39, 0.29) is 12.5 Å². The molecule has 1 saturated carbocycles. The molecule has 2 heterocycles. The van der Waals surface area contributed by atoms with Crippen molar-refractivity contribution in [3.63, 3.8) is 0 Å². The molecule has 0 aliphatic heterocycles. The summed E-state index contributed by atoms with van der Waals surface area (Å²) in [4.78, 5) is 22.3. The Labute approximate surface area is 198 Å². The number of anilines is 2. The Hall–Kier alpha value is -3.70. The Morgan fingerprint density at radius 1 is 1.17 bits per heavy atom. The number of nitrogens with zero attached hydrogens (tertiary/aromatic N) is 4. The fraction of sp³-hybridized carbons (Fsp3) is 0.391. The van der Waals surface area contributed by atoms with Gasteiger partial charge in [-0.2, -0.15) is 23.3 Å². The Morgan fingerprint density at radius 3 is 2.46 bits per heavy atom. The number of benzene rings is 1. The molecule has 1 aliphatic rings. The lowest BCUT2D eigenvalue weighted by atomic mass is 9.69. The van der Waals surface area contributed by atoms with E-state index in [1.54, 1.807) is 19.2 Å². The van der Waals surface area contributed by atoms with Crippen LogP contribution in [-0.4, -0.2) is 39.7 Å². The molecule has 1 amide bonds. The first-order valence-corrected chi connectivity index (χ1v) is 11.0. The summed E-state index contributed by atoms with van der Waals surface area (Å²) in [6.07, 6.45) is 0.833. The van der Waals surface area contributed by atoms with E-state index in [9.17, 15) is 22.4 Å². The number of methoxy groups -OCH3 is 1. The van der Waals surface area contributed by atoms with Crippen molar-refractivity contribution in [3.8, 4) is 5.75 Å². The van der Waals surface area contributed by atoms with Gasteiger partial charge in [0.1, 0.15) is 5.75 Å². The Kier molecular flexibility index (Phi) is 6.64. The minimum absolute atomic E-state index is 0.0360. The van der Waals surface area contributed by atoms with E-state index in [0.29, 0.717) is 18.6 Å². The van der Waals surface area contributed by atoms with Gasteiger partial charge in [-0.25, -0.2) is 9.37 Å². The van der Waals surface area contributed by atoms with Gasteiger partial charge in [0.25, 0.3) is 5.91 Å². The van der Waals surface area contributed by atoms with Crippen LogP contribution in [0.15, 0.2) is 36.7 Å². The molecule has 186 valence electrons. The van der Waals surface area contributed by atoms with Crippen LogP contribution in [0.5, 0.6) is 5.75 Å². The molecule has 12 heteroatoms. The monoisotopic (exact) mass is 492 g/mol. The number of nitrogen functional groups attached to an aromatic ring is 1. The number of alkyl halides is 3. The largest absolute Gasteiger partial charge is 0.497 e. The number of carbonyl (C=O) groups is 1. The molecule has 0 bridgehead atoms. The van der Waals surface area contributed by atoms with Gasteiger partial charge in [-0.3, -0.25) is 14.8 Å². The maximum absolute atomic E-state index is 13.8. The number of ether oxygens (including phenoxy) is 1. The molecule has 3 aromatic rings. The fourth-order valence-corrected chi connectivity index (χ4v) is 4.56. The van der Waals surface area contributed by atoms with Gasteiger partial charge in [0, 0.05) is 12.0 Å². The SMILES string of the molecule is COc1ccc(C2(CN(C(=O)c3cn[nH]c3C(F)(F)F)c3ncc(F)c(N)n3)CCCCC2)cc1. The molecule has 1 aliphatic carbocycles. The summed E-state index contributed by atoms with van der Waals surface area (Å²) in [5.74, 6) is -2.08. The number of rotatable bonds is 6. The molecule has 0 atom stereocenters. The Bertz CT molecular complexity index is 1190. The molecule has 1 aromatic carbocycles. The van der Waals surface area contributed by atoms with Crippen molar-refractivity contribution in [2.45, 2.75) is 43.7 Å². The first-order chi connectivity index (χ1) is 16.6. The van der Waals surface area contributed by atoms with Crippen LogP contribution >= 0.6 is 0 Å². The number of carbonyl (C=O) groups excluding carboxylic acids is 1.